The third-order valence-corrected chi connectivity index (χ3v) is 8.25. The molecular formula is C27H36FN3S. The number of para-hydroxylation sites is 1. The number of alkyl halides is 1. The summed E-state index contributed by atoms with van der Waals surface area (Å²) in [6.45, 7) is 12.1. The molecule has 32 heavy (non-hydrogen) atoms. The first kappa shape index (κ1) is 22.1. The minimum Gasteiger partial charge on any atom is -0.357 e. The number of halogens is 1. The molecule has 5 rings (SSSR count). The largest absolute Gasteiger partial charge is 0.357 e. The zero-order valence-electron chi connectivity index (χ0n) is 19.8. The van der Waals surface area contributed by atoms with Crippen LogP contribution in [0.25, 0.3) is 10.9 Å². The van der Waals surface area contributed by atoms with Crippen LogP contribution in [0.4, 0.5) is 4.39 Å². The van der Waals surface area contributed by atoms with Crippen LogP contribution in [-0.4, -0.2) is 52.7 Å². The average Bonchev–Trinajstić information content (AvgIpc) is 3.30. The molecule has 0 aliphatic carbocycles. The van der Waals surface area contributed by atoms with Crippen LogP contribution >= 0.6 is 11.3 Å². The number of likely N-dealkylation sites (tertiary alicyclic amines) is 1. The van der Waals surface area contributed by atoms with Gasteiger partial charge in [0.25, 0.3) is 0 Å². The summed E-state index contributed by atoms with van der Waals surface area (Å²) in [7, 11) is 0. The molecule has 2 aromatic heterocycles. The van der Waals surface area contributed by atoms with E-state index in [1.54, 1.807) is 13.8 Å². The Kier molecular flexibility index (Phi) is 5.93. The fraction of sp³-hybridized carbons (Fsp3) is 0.556. The number of H-pyrrole nitrogens is 1. The second kappa shape index (κ2) is 8.58. The first-order valence-corrected chi connectivity index (χ1v) is 13.0. The van der Waals surface area contributed by atoms with Gasteiger partial charge in [0.05, 0.1) is 6.04 Å². The lowest BCUT2D eigenvalue weighted by Gasteiger charge is -2.42. The van der Waals surface area contributed by atoms with Gasteiger partial charge in [0.15, 0.2) is 0 Å². The van der Waals surface area contributed by atoms with E-state index < -0.39 is 5.67 Å². The van der Waals surface area contributed by atoms with Gasteiger partial charge < -0.3 is 9.88 Å². The van der Waals surface area contributed by atoms with E-state index >= 15 is 0 Å². The lowest BCUT2D eigenvalue weighted by Crippen LogP contribution is -2.47. The summed E-state index contributed by atoms with van der Waals surface area (Å²) in [5.41, 5.74) is 2.64. The second-order valence-electron chi connectivity index (χ2n) is 10.5. The Morgan fingerprint density at radius 3 is 2.69 bits per heavy atom. The number of fused-ring (bicyclic) bond motifs is 3. The summed E-state index contributed by atoms with van der Waals surface area (Å²) in [4.78, 5) is 11.5. The molecule has 3 aromatic rings. The zero-order chi connectivity index (χ0) is 22.5. The maximum Gasteiger partial charge on any atom is 0.118 e. The number of hydrogen-bond donors (Lipinski definition) is 1. The van der Waals surface area contributed by atoms with Crippen molar-refractivity contribution in [3.63, 3.8) is 0 Å². The highest BCUT2D eigenvalue weighted by Crippen LogP contribution is 2.43. The van der Waals surface area contributed by atoms with Crippen LogP contribution in [0.5, 0.6) is 0 Å². The number of nitrogens with zero attached hydrogens (tertiary/aromatic N) is 2. The summed E-state index contributed by atoms with van der Waals surface area (Å²) in [6, 6.07) is 13.6. The van der Waals surface area contributed by atoms with E-state index in [2.05, 4.69) is 65.0 Å². The van der Waals surface area contributed by atoms with Gasteiger partial charge >= 0.3 is 0 Å². The van der Waals surface area contributed by atoms with Crippen molar-refractivity contribution in [1.29, 1.82) is 0 Å². The van der Waals surface area contributed by atoms with Gasteiger partial charge in [-0.2, -0.15) is 0 Å². The Morgan fingerprint density at radius 1 is 1.16 bits per heavy atom. The van der Waals surface area contributed by atoms with Crippen molar-refractivity contribution >= 4 is 22.2 Å². The molecule has 0 amide bonds. The summed E-state index contributed by atoms with van der Waals surface area (Å²) in [6.07, 6.45) is 3.37. The first-order valence-electron chi connectivity index (χ1n) is 12.2. The molecule has 1 fully saturated rings. The van der Waals surface area contributed by atoms with Crippen molar-refractivity contribution in [2.45, 2.75) is 64.7 Å². The standard InChI is InChI=1S/C27H36FN3S/c1-5-12-30-15-19(16-30)14-20-10-11-24(32-20)26-25-22(21-8-6-7-9-23(21)29-25)13-18(2)31(26)17-27(3,4)28/h6-11,18-19,26,29H,5,12-17H2,1-4H3/t18-,26-/m1/s1. The van der Waals surface area contributed by atoms with E-state index in [-0.39, 0.29) is 6.04 Å². The van der Waals surface area contributed by atoms with E-state index in [9.17, 15) is 4.39 Å². The van der Waals surface area contributed by atoms with Crippen LogP contribution in [0.2, 0.25) is 0 Å². The van der Waals surface area contributed by atoms with Crippen LogP contribution < -0.4 is 0 Å². The lowest BCUT2D eigenvalue weighted by molar-refractivity contribution is 0.0679. The highest BCUT2D eigenvalue weighted by Gasteiger charge is 2.39. The third-order valence-electron chi connectivity index (χ3n) is 7.09. The van der Waals surface area contributed by atoms with E-state index in [0.29, 0.717) is 12.6 Å². The number of aromatic nitrogens is 1. The molecular weight excluding hydrogens is 417 g/mol. The average molecular weight is 454 g/mol. The molecule has 0 bridgehead atoms. The molecule has 2 atom stereocenters. The van der Waals surface area contributed by atoms with Crippen LogP contribution in [0.1, 0.15) is 61.2 Å². The van der Waals surface area contributed by atoms with Crippen molar-refractivity contribution in [3.8, 4) is 0 Å². The van der Waals surface area contributed by atoms with Gasteiger partial charge in [-0.25, -0.2) is 4.39 Å². The number of nitrogens with one attached hydrogen (secondary N) is 1. The molecule has 0 saturated carbocycles. The monoisotopic (exact) mass is 453 g/mol. The maximum absolute atomic E-state index is 14.9. The number of benzene rings is 1. The van der Waals surface area contributed by atoms with E-state index in [1.165, 1.54) is 64.4 Å². The molecule has 0 unspecified atom stereocenters. The normalized spacial score (nSPS) is 22.9. The van der Waals surface area contributed by atoms with Crippen molar-refractivity contribution in [3.05, 3.63) is 57.4 Å². The minimum atomic E-state index is -1.23. The van der Waals surface area contributed by atoms with Crippen LogP contribution in [-0.2, 0) is 12.8 Å². The molecule has 0 radical (unpaired) electrons. The minimum absolute atomic E-state index is 0.0907. The lowest BCUT2D eigenvalue weighted by atomic mass is 9.90. The molecule has 5 heteroatoms. The molecule has 2 aliphatic rings. The van der Waals surface area contributed by atoms with Crippen LogP contribution in [0.3, 0.4) is 0 Å². The third kappa shape index (κ3) is 4.27. The van der Waals surface area contributed by atoms with Gasteiger partial charge in [-0.1, -0.05) is 25.1 Å². The molecule has 4 heterocycles. The summed E-state index contributed by atoms with van der Waals surface area (Å²) in [5, 5.41) is 1.32. The van der Waals surface area contributed by atoms with Gasteiger partial charge in [0.1, 0.15) is 5.67 Å². The molecule has 0 spiro atoms. The number of rotatable bonds is 7. The summed E-state index contributed by atoms with van der Waals surface area (Å²) >= 11 is 1.93. The molecule has 1 saturated heterocycles. The van der Waals surface area contributed by atoms with Gasteiger partial charge in [-0.3, -0.25) is 4.90 Å². The summed E-state index contributed by atoms with van der Waals surface area (Å²) < 4.78 is 14.9. The van der Waals surface area contributed by atoms with Crippen molar-refractivity contribution in [1.82, 2.24) is 14.8 Å². The van der Waals surface area contributed by atoms with Crippen molar-refractivity contribution < 1.29 is 4.39 Å². The number of hydrogen-bond acceptors (Lipinski definition) is 3. The van der Waals surface area contributed by atoms with Crippen molar-refractivity contribution in [2.24, 2.45) is 5.92 Å². The van der Waals surface area contributed by atoms with Gasteiger partial charge in [0.2, 0.25) is 0 Å². The molecule has 3 nitrogen and oxygen atoms in total. The van der Waals surface area contributed by atoms with Gasteiger partial charge in [-0.05, 0) is 76.3 Å². The van der Waals surface area contributed by atoms with E-state index in [4.69, 9.17) is 0 Å². The van der Waals surface area contributed by atoms with E-state index in [1.807, 2.05) is 11.3 Å². The van der Waals surface area contributed by atoms with Crippen LogP contribution in [0, 0.1) is 5.92 Å². The van der Waals surface area contributed by atoms with Gasteiger partial charge in [0, 0.05) is 52.0 Å². The quantitative estimate of drug-likeness (QED) is 0.460. The van der Waals surface area contributed by atoms with Gasteiger partial charge in [-0.15, -0.1) is 11.3 Å². The molecule has 172 valence electrons. The second-order valence-corrected chi connectivity index (χ2v) is 11.7. The predicted octanol–water partition coefficient (Wildman–Crippen LogP) is 6.20. The zero-order valence-corrected chi connectivity index (χ0v) is 20.6. The highest BCUT2D eigenvalue weighted by atomic mass is 32.1. The fourth-order valence-corrected chi connectivity index (χ4v) is 6.99. The molecule has 1 aromatic carbocycles. The Morgan fingerprint density at radius 2 is 1.94 bits per heavy atom. The predicted molar refractivity (Wildman–Crippen MR) is 133 cm³/mol. The maximum atomic E-state index is 14.9. The molecule has 2 aliphatic heterocycles. The first-order chi connectivity index (χ1) is 15.3. The highest BCUT2D eigenvalue weighted by molar-refractivity contribution is 7.12. The number of thiophene rings is 1. The van der Waals surface area contributed by atoms with E-state index in [0.717, 1.165) is 12.3 Å². The fourth-order valence-electron chi connectivity index (χ4n) is 5.73. The summed E-state index contributed by atoms with van der Waals surface area (Å²) in [5.74, 6) is 0.780. The van der Waals surface area contributed by atoms with Crippen molar-refractivity contribution in [2.75, 3.05) is 26.2 Å². The topological polar surface area (TPSA) is 22.3 Å². The SMILES string of the molecule is CCCN1CC(Cc2ccc([C@@H]3c4[nH]c5ccccc5c4C[C@@H](C)N3CC(C)(C)F)s2)C1. The Bertz CT molecular complexity index is 1070. The smallest absolute Gasteiger partial charge is 0.118 e. The van der Waals surface area contributed by atoms with Crippen LogP contribution in [0.15, 0.2) is 36.4 Å². The Balaban J connectivity index is 1.46. The molecule has 1 N–H and O–H groups in total. The number of aromatic amines is 1. The Hall–Kier alpha value is -1.69. The Labute approximate surface area is 195 Å².